The van der Waals surface area contributed by atoms with Crippen molar-refractivity contribution < 1.29 is 14.3 Å². The number of hydrogen-bond donors (Lipinski definition) is 1. The lowest BCUT2D eigenvalue weighted by atomic mass is 9.95. The van der Waals surface area contributed by atoms with E-state index in [9.17, 15) is 14.9 Å². The average Bonchev–Trinajstić information content (AvgIpc) is 3.22. The molecule has 0 unspecified atom stereocenters. The Balaban J connectivity index is 1.30. The molecule has 0 aliphatic carbocycles. The van der Waals surface area contributed by atoms with Crippen molar-refractivity contribution in [1.82, 2.24) is 24.3 Å². The van der Waals surface area contributed by atoms with Gasteiger partial charge >= 0.3 is 0 Å². The van der Waals surface area contributed by atoms with Gasteiger partial charge in [0.2, 0.25) is 11.8 Å². The minimum atomic E-state index is -0.146. The summed E-state index contributed by atoms with van der Waals surface area (Å²) in [5.74, 6) is 0.379. The number of nitriles is 1. The van der Waals surface area contributed by atoms with Gasteiger partial charge in [-0.1, -0.05) is 6.08 Å². The minimum Gasteiger partial charge on any atom is -0.494 e. The summed E-state index contributed by atoms with van der Waals surface area (Å²) in [6.45, 7) is 2.69. The number of methoxy groups -OCH3 is 1. The Morgan fingerprint density at radius 2 is 2.06 bits per heavy atom. The van der Waals surface area contributed by atoms with Crippen molar-refractivity contribution >= 4 is 29.1 Å². The van der Waals surface area contributed by atoms with Crippen LogP contribution in [0.2, 0.25) is 0 Å². The number of fused-ring (bicyclic) bond motifs is 1. The number of likely N-dealkylation sites (N-methyl/N-ethyl adjacent to an activating group) is 1. The highest BCUT2D eigenvalue weighted by Gasteiger charge is 2.40. The van der Waals surface area contributed by atoms with E-state index >= 15 is 0 Å². The van der Waals surface area contributed by atoms with Crippen molar-refractivity contribution in [3.05, 3.63) is 47.9 Å². The lowest BCUT2D eigenvalue weighted by Crippen LogP contribution is -2.61. The van der Waals surface area contributed by atoms with Crippen molar-refractivity contribution in [3.8, 4) is 11.8 Å². The number of ether oxygens (including phenoxy) is 1. The first-order valence-electron chi connectivity index (χ1n) is 11.6. The molecule has 4 heterocycles. The number of aliphatic imine (C=N–C) groups is 1. The van der Waals surface area contributed by atoms with Gasteiger partial charge in [-0.3, -0.25) is 14.6 Å². The van der Waals surface area contributed by atoms with E-state index < -0.39 is 0 Å². The third kappa shape index (κ3) is 5.08. The number of aromatic nitrogens is 2. The second-order valence-electron chi connectivity index (χ2n) is 9.16. The molecule has 0 atom stereocenters. The van der Waals surface area contributed by atoms with Crippen LogP contribution < -0.4 is 10.5 Å². The molecule has 0 radical (unpaired) electrons. The summed E-state index contributed by atoms with van der Waals surface area (Å²) in [4.78, 5) is 34.9. The molecule has 0 bridgehead atoms. The summed E-state index contributed by atoms with van der Waals surface area (Å²) in [6, 6.07) is 3.88. The first-order valence-corrected chi connectivity index (χ1v) is 11.6. The molecule has 0 saturated carbocycles. The SMILES string of the molecule is COc1cc(/C(C=NC2CN(C(=O)C3CN(C(=O)/C=C/CN(C)C)C3)C2)=C/N)cn2ncc(C#N)c12. The molecule has 2 aliphatic heterocycles. The predicted molar refractivity (Wildman–Crippen MR) is 135 cm³/mol. The van der Waals surface area contributed by atoms with E-state index in [0.29, 0.717) is 55.1 Å². The van der Waals surface area contributed by atoms with Gasteiger partial charge in [0.1, 0.15) is 22.9 Å². The van der Waals surface area contributed by atoms with Gasteiger partial charge in [0.05, 0.1) is 25.3 Å². The summed E-state index contributed by atoms with van der Waals surface area (Å²) in [5, 5.41) is 13.5. The fourth-order valence-corrected chi connectivity index (χ4v) is 4.15. The second kappa shape index (κ2) is 10.6. The number of amides is 2. The topological polar surface area (TPSA) is 133 Å². The molecule has 2 aromatic rings. The average molecular weight is 491 g/mol. The van der Waals surface area contributed by atoms with E-state index in [2.05, 4.69) is 16.2 Å². The fraction of sp³-hybridized carbons (Fsp3) is 0.400. The van der Waals surface area contributed by atoms with E-state index in [1.165, 1.54) is 19.5 Å². The summed E-state index contributed by atoms with van der Waals surface area (Å²) < 4.78 is 7.03. The van der Waals surface area contributed by atoms with Gasteiger partial charge in [-0.2, -0.15) is 10.4 Å². The van der Waals surface area contributed by atoms with Crippen molar-refractivity contribution in [2.75, 3.05) is 53.9 Å². The van der Waals surface area contributed by atoms with Crippen LogP contribution in [0.5, 0.6) is 5.75 Å². The molecule has 11 nitrogen and oxygen atoms in total. The normalized spacial score (nSPS) is 17.1. The summed E-state index contributed by atoms with van der Waals surface area (Å²) in [5.41, 5.74) is 8.28. The number of carbonyl (C=O) groups is 2. The number of hydrogen-bond acceptors (Lipinski definition) is 8. The van der Waals surface area contributed by atoms with Crippen LogP contribution in [0.4, 0.5) is 0 Å². The van der Waals surface area contributed by atoms with Crippen LogP contribution in [-0.4, -0.2) is 102 Å². The number of carbonyl (C=O) groups excluding carboxylic acids is 2. The van der Waals surface area contributed by atoms with Crippen molar-refractivity contribution in [2.24, 2.45) is 16.6 Å². The van der Waals surface area contributed by atoms with Crippen molar-refractivity contribution in [2.45, 2.75) is 6.04 Å². The summed E-state index contributed by atoms with van der Waals surface area (Å²) in [6.07, 6.45) is 9.78. The Labute approximate surface area is 209 Å². The molecule has 2 amide bonds. The molecule has 11 heteroatoms. The molecule has 36 heavy (non-hydrogen) atoms. The van der Waals surface area contributed by atoms with E-state index in [0.717, 1.165) is 5.56 Å². The lowest BCUT2D eigenvalue weighted by molar-refractivity contribution is -0.149. The van der Waals surface area contributed by atoms with Crippen LogP contribution in [0.25, 0.3) is 11.1 Å². The molecule has 2 aromatic heterocycles. The zero-order valence-electron chi connectivity index (χ0n) is 20.7. The van der Waals surface area contributed by atoms with E-state index in [1.807, 2.05) is 25.1 Å². The molecule has 188 valence electrons. The summed E-state index contributed by atoms with van der Waals surface area (Å²) >= 11 is 0. The Kier molecular flexibility index (Phi) is 7.36. The van der Waals surface area contributed by atoms with Crippen LogP contribution in [0, 0.1) is 17.2 Å². The molecular formula is C25H30N8O3. The van der Waals surface area contributed by atoms with Crippen molar-refractivity contribution in [3.63, 3.8) is 0 Å². The molecule has 2 N–H and O–H groups in total. The van der Waals surface area contributed by atoms with Crippen LogP contribution in [-0.2, 0) is 9.59 Å². The van der Waals surface area contributed by atoms with Gasteiger partial charge in [-0.05, 0) is 20.2 Å². The number of allylic oxidation sites excluding steroid dienone is 1. The monoisotopic (exact) mass is 490 g/mol. The standard InChI is InChI=1S/C25H30N8O3/c1-30(2)6-4-5-23(34)31-12-20(13-31)25(35)32-15-21(16-32)28-10-18(8-26)17-7-22(36-3)24-19(9-27)11-29-33(24)14-17/h4-5,7-8,10-11,14,20-21H,6,12-13,15-16,26H2,1-3H3/b5-4+,18-8+,28-10?. The molecular weight excluding hydrogens is 460 g/mol. The highest BCUT2D eigenvalue weighted by atomic mass is 16.5. The van der Waals surface area contributed by atoms with E-state index in [4.69, 9.17) is 10.5 Å². The van der Waals surface area contributed by atoms with Crippen LogP contribution in [0.3, 0.4) is 0 Å². The molecule has 0 spiro atoms. The largest absolute Gasteiger partial charge is 0.494 e. The van der Waals surface area contributed by atoms with Gasteiger partial charge in [0.15, 0.2) is 0 Å². The number of pyridine rings is 1. The molecule has 0 aromatic carbocycles. The maximum Gasteiger partial charge on any atom is 0.246 e. The number of nitrogens with zero attached hydrogens (tertiary/aromatic N) is 7. The van der Waals surface area contributed by atoms with Gasteiger partial charge in [-0.25, -0.2) is 4.52 Å². The van der Waals surface area contributed by atoms with Gasteiger partial charge in [-0.15, -0.1) is 0 Å². The number of nitrogens with two attached hydrogens (primary N) is 1. The molecule has 2 aliphatic rings. The summed E-state index contributed by atoms with van der Waals surface area (Å²) in [7, 11) is 5.41. The predicted octanol–water partition coefficient (Wildman–Crippen LogP) is 0.372. The van der Waals surface area contributed by atoms with Crippen molar-refractivity contribution in [1.29, 1.82) is 5.26 Å². The minimum absolute atomic E-state index is 0.0174. The Morgan fingerprint density at radius 1 is 1.31 bits per heavy atom. The number of rotatable bonds is 8. The zero-order chi connectivity index (χ0) is 25.8. The highest BCUT2D eigenvalue weighted by molar-refractivity contribution is 6.10. The first kappa shape index (κ1) is 24.9. The van der Waals surface area contributed by atoms with E-state index in [-0.39, 0.29) is 23.8 Å². The Morgan fingerprint density at radius 3 is 2.69 bits per heavy atom. The fourth-order valence-electron chi connectivity index (χ4n) is 4.15. The Hall–Kier alpha value is -4.17. The molecule has 2 fully saturated rings. The Bertz CT molecular complexity index is 1270. The van der Waals surface area contributed by atoms with Crippen LogP contribution in [0.1, 0.15) is 11.1 Å². The van der Waals surface area contributed by atoms with E-state index in [1.54, 1.807) is 38.9 Å². The van der Waals surface area contributed by atoms with Gasteiger partial charge < -0.3 is 25.2 Å². The second-order valence-corrected chi connectivity index (χ2v) is 9.16. The third-order valence-corrected chi connectivity index (χ3v) is 6.30. The van der Waals surface area contributed by atoms with Gasteiger partial charge in [0, 0.05) is 68.5 Å². The molecule has 2 saturated heterocycles. The lowest BCUT2D eigenvalue weighted by Gasteiger charge is -2.44. The van der Waals surface area contributed by atoms with Crippen LogP contribution in [0.15, 0.2) is 41.8 Å². The maximum absolute atomic E-state index is 12.7. The first-order chi connectivity index (χ1) is 17.3. The zero-order valence-corrected chi connectivity index (χ0v) is 20.7. The molecule has 4 rings (SSSR count). The smallest absolute Gasteiger partial charge is 0.246 e. The van der Waals surface area contributed by atoms with Gasteiger partial charge in [0.25, 0.3) is 0 Å². The maximum atomic E-state index is 12.7. The quantitative estimate of drug-likeness (QED) is 0.418. The number of likely N-dealkylation sites (tertiary alicyclic amines) is 2. The third-order valence-electron chi connectivity index (χ3n) is 6.30. The van der Waals surface area contributed by atoms with Crippen LogP contribution >= 0.6 is 0 Å². The highest BCUT2D eigenvalue weighted by Crippen LogP contribution is 2.27.